The van der Waals surface area contributed by atoms with E-state index in [-0.39, 0.29) is 31.8 Å². The van der Waals surface area contributed by atoms with E-state index in [0.717, 1.165) is 4.90 Å². The molecule has 0 saturated heterocycles. The molecule has 0 aliphatic heterocycles. The Morgan fingerprint density at radius 1 is 1.09 bits per heavy atom. The van der Waals surface area contributed by atoms with Gasteiger partial charge in [0.25, 0.3) is 0 Å². The van der Waals surface area contributed by atoms with Crippen molar-refractivity contribution < 1.29 is 43.7 Å². The Labute approximate surface area is 200 Å². The standard InChI is InChI=1S/C20H31FN6O8/c1-26(20(35)23-14(18(31)32)7-8-17(29)30)15(19(33)34)6-2-3-10-22-16(28)12-27-11-13(24-25-27)5-4-9-21/h11,14-15H,2-10,12H2,1H3,(H,22,28)(H,23,35)(H,29,30)(H,31,32)(H,33,34). The van der Waals surface area contributed by atoms with Crippen molar-refractivity contribution in [3.05, 3.63) is 11.9 Å². The van der Waals surface area contributed by atoms with Crippen LogP contribution in [0.15, 0.2) is 6.20 Å². The highest BCUT2D eigenvalue weighted by Crippen LogP contribution is 2.09. The molecule has 1 aromatic heterocycles. The molecule has 0 aromatic carbocycles. The number of hydrogen-bond acceptors (Lipinski definition) is 7. The molecule has 14 nitrogen and oxygen atoms in total. The van der Waals surface area contributed by atoms with Crippen molar-refractivity contribution in [1.29, 1.82) is 0 Å². The number of carbonyl (C=O) groups is 5. The normalized spacial score (nSPS) is 12.4. The Morgan fingerprint density at radius 3 is 2.40 bits per heavy atom. The highest BCUT2D eigenvalue weighted by molar-refractivity contribution is 5.86. The molecule has 196 valence electrons. The first-order valence-corrected chi connectivity index (χ1v) is 11.0. The van der Waals surface area contributed by atoms with Crippen LogP contribution in [0.2, 0.25) is 0 Å². The number of amides is 3. The van der Waals surface area contributed by atoms with Crippen LogP contribution in [0.3, 0.4) is 0 Å². The van der Waals surface area contributed by atoms with Crippen LogP contribution in [-0.2, 0) is 32.1 Å². The highest BCUT2D eigenvalue weighted by Gasteiger charge is 2.29. The van der Waals surface area contributed by atoms with Crippen LogP contribution in [-0.4, -0.2) is 97.4 Å². The highest BCUT2D eigenvalue weighted by atomic mass is 19.1. The summed E-state index contributed by atoms with van der Waals surface area (Å²) in [5.74, 6) is -4.29. The third-order valence-electron chi connectivity index (χ3n) is 5.00. The van der Waals surface area contributed by atoms with Gasteiger partial charge in [-0.1, -0.05) is 5.21 Å². The minimum Gasteiger partial charge on any atom is -0.481 e. The predicted octanol–water partition coefficient (Wildman–Crippen LogP) is -0.121. The number of carboxylic acid groups (broad SMARTS) is 3. The molecule has 0 aliphatic carbocycles. The smallest absolute Gasteiger partial charge is 0.326 e. The summed E-state index contributed by atoms with van der Waals surface area (Å²) in [5.41, 5.74) is 0.583. The van der Waals surface area contributed by atoms with Gasteiger partial charge in [-0.3, -0.25) is 14.0 Å². The van der Waals surface area contributed by atoms with Crippen LogP contribution in [0.1, 0.15) is 44.2 Å². The Kier molecular flexibility index (Phi) is 12.7. The van der Waals surface area contributed by atoms with Gasteiger partial charge in [0.15, 0.2) is 0 Å². The van der Waals surface area contributed by atoms with Gasteiger partial charge in [0.2, 0.25) is 5.91 Å². The summed E-state index contributed by atoms with van der Waals surface area (Å²) < 4.78 is 13.5. The number of aryl methyl sites for hydroxylation is 1. The van der Waals surface area contributed by atoms with Crippen molar-refractivity contribution in [2.24, 2.45) is 0 Å². The summed E-state index contributed by atoms with van der Waals surface area (Å²) in [5, 5.41) is 39.7. The summed E-state index contributed by atoms with van der Waals surface area (Å²) in [6.45, 7) is -0.289. The fourth-order valence-electron chi connectivity index (χ4n) is 3.07. The topological polar surface area (TPSA) is 204 Å². The van der Waals surface area contributed by atoms with Crippen molar-refractivity contribution in [1.82, 2.24) is 30.5 Å². The van der Waals surface area contributed by atoms with E-state index < -0.39 is 49.1 Å². The Balaban J connectivity index is 2.44. The molecule has 0 bridgehead atoms. The van der Waals surface area contributed by atoms with E-state index in [1.165, 1.54) is 11.7 Å². The minimum atomic E-state index is -1.48. The first-order chi connectivity index (χ1) is 16.5. The molecule has 5 N–H and O–H groups in total. The number of halogens is 1. The Bertz CT molecular complexity index is 880. The van der Waals surface area contributed by atoms with Gasteiger partial charge in [0.05, 0.1) is 12.4 Å². The van der Waals surface area contributed by atoms with Crippen molar-refractivity contribution in [3.8, 4) is 0 Å². The zero-order chi connectivity index (χ0) is 26.4. The van der Waals surface area contributed by atoms with Gasteiger partial charge in [-0.2, -0.15) is 0 Å². The minimum absolute atomic E-state index is 0.0446. The molecule has 0 aliphatic rings. The van der Waals surface area contributed by atoms with E-state index in [1.54, 1.807) is 6.20 Å². The summed E-state index contributed by atoms with van der Waals surface area (Å²) >= 11 is 0. The average Bonchev–Trinajstić information content (AvgIpc) is 3.23. The van der Waals surface area contributed by atoms with E-state index >= 15 is 0 Å². The molecule has 1 rings (SSSR count). The van der Waals surface area contributed by atoms with E-state index in [9.17, 15) is 33.5 Å². The number of aliphatic carboxylic acids is 3. The van der Waals surface area contributed by atoms with E-state index in [2.05, 4.69) is 20.9 Å². The van der Waals surface area contributed by atoms with Crippen LogP contribution in [0.5, 0.6) is 0 Å². The molecule has 0 spiro atoms. The van der Waals surface area contributed by atoms with Gasteiger partial charge < -0.3 is 30.9 Å². The largest absolute Gasteiger partial charge is 0.481 e. The lowest BCUT2D eigenvalue weighted by Gasteiger charge is -2.26. The second kappa shape index (κ2) is 15.2. The SMILES string of the molecule is CN(C(=O)NC(CCC(=O)O)C(=O)O)C(CCCCNC(=O)Cn1cc(CCCF)nn1)C(=O)O. The van der Waals surface area contributed by atoms with Crippen molar-refractivity contribution in [2.45, 2.75) is 63.6 Å². The van der Waals surface area contributed by atoms with Crippen molar-refractivity contribution in [2.75, 3.05) is 20.3 Å². The molecule has 0 saturated carbocycles. The first-order valence-electron chi connectivity index (χ1n) is 11.0. The number of urea groups is 1. The molecule has 2 atom stereocenters. The molecular weight excluding hydrogens is 471 g/mol. The lowest BCUT2D eigenvalue weighted by Crippen LogP contribution is -2.52. The molecule has 0 radical (unpaired) electrons. The molecule has 15 heteroatoms. The molecule has 3 amide bonds. The van der Waals surface area contributed by atoms with Gasteiger partial charge in [-0.05, 0) is 38.5 Å². The van der Waals surface area contributed by atoms with Crippen LogP contribution in [0.4, 0.5) is 9.18 Å². The van der Waals surface area contributed by atoms with Crippen LogP contribution >= 0.6 is 0 Å². The number of aromatic nitrogens is 3. The number of nitrogens with one attached hydrogen (secondary N) is 2. The number of carbonyl (C=O) groups excluding carboxylic acids is 2. The molecule has 2 unspecified atom stereocenters. The van der Waals surface area contributed by atoms with Gasteiger partial charge in [0, 0.05) is 26.2 Å². The number of alkyl halides is 1. The molecule has 1 heterocycles. The molecular formula is C20H31FN6O8. The maximum Gasteiger partial charge on any atom is 0.326 e. The molecule has 1 aromatic rings. The number of nitrogens with zero attached hydrogens (tertiary/aromatic N) is 4. The number of rotatable bonds is 17. The number of likely N-dealkylation sites (N-methyl/N-ethyl adjacent to an activating group) is 1. The van der Waals surface area contributed by atoms with Gasteiger partial charge in [-0.25, -0.2) is 19.1 Å². The van der Waals surface area contributed by atoms with Gasteiger partial charge in [-0.15, -0.1) is 5.10 Å². The maximum atomic E-state index is 12.3. The van der Waals surface area contributed by atoms with Crippen LogP contribution < -0.4 is 10.6 Å². The third kappa shape index (κ3) is 11.3. The second-order valence-corrected chi connectivity index (χ2v) is 7.78. The summed E-state index contributed by atoms with van der Waals surface area (Å²) in [6, 6.07) is -3.69. The van der Waals surface area contributed by atoms with Gasteiger partial charge >= 0.3 is 23.9 Å². The van der Waals surface area contributed by atoms with Crippen LogP contribution in [0, 0.1) is 0 Å². The lowest BCUT2D eigenvalue weighted by atomic mass is 10.1. The number of carboxylic acids is 3. The number of hydrogen-bond donors (Lipinski definition) is 5. The summed E-state index contributed by atoms with van der Waals surface area (Å²) in [6.07, 6.45) is 2.28. The predicted molar refractivity (Wildman–Crippen MR) is 117 cm³/mol. The van der Waals surface area contributed by atoms with E-state index in [1.807, 2.05) is 0 Å². The lowest BCUT2D eigenvalue weighted by molar-refractivity contribution is -0.142. The average molecular weight is 503 g/mol. The van der Waals surface area contributed by atoms with Gasteiger partial charge in [0.1, 0.15) is 18.6 Å². The third-order valence-corrected chi connectivity index (χ3v) is 5.00. The fraction of sp³-hybridized carbons (Fsp3) is 0.650. The van der Waals surface area contributed by atoms with Crippen molar-refractivity contribution in [3.63, 3.8) is 0 Å². The van der Waals surface area contributed by atoms with Crippen molar-refractivity contribution >= 4 is 29.8 Å². The summed E-state index contributed by atoms with van der Waals surface area (Å²) in [4.78, 5) is 58.6. The maximum absolute atomic E-state index is 12.3. The molecule has 35 heavy (non-hydrogen) atoms. The number of unbranched alkanes of at least 4 members (excludes halogenated alkanes) is 1. The molecule has 0 fully saturated rings. The summed E-state index contributed by atoms with van der Waals surface area (Å²) in [7, 11) is 1.20. The zero-order valence-electron chi connectivity index (χ0n) is 19.4. The Hall–Kier alpha value is -3.78. The second-order valence-electron chi connectivity index (χ2n) is 7.78. The Morgan fingerprint density at radius 2 is 1.80 bits per heavy atom. The van der Waals surface area contributed by atoms with Crippen LogP contribution in [0.25, 0.3) is 0 Å². The fourth-order valence-corrected chi connectivity index (χ4v) is 3.07. The van der Waals surface area contributed by atoms with E-state index in [0.29, 0.717) is 31.4 Å². The first kappa shape index (κ1) is 29.3. The quantitative estimate of drug-likeness (QED) is 0.179. The zero-order valence-corrected chi connectivity index (χ0v) is 19.4. The van der Waals surface area contributed by atoms with E-state index in [4.69, 9.17) is 10.2 Å². The monoisotopic (exact) mass is 502 g/mol.